The molecule has 0 aliphatic heterocycles. The molecule has 0 saturated carbocycles. The minimum atomic E-state index is -0.334. The number of para-hydroxylation sites is 1. The van der Waals surface area contributed by atoms with E-state index in [9.17, 15) is 4.79 Å². The molecule has 10 heteroatoms. The van der Waals surface area contributed by atoms with Crippen molar-refractivity contribution in [3.05, 3.63) is 83.8 Å². The molecule has 0 fully saturated rings. The molecule has 0 bridgehead atoms. The SMILES string of the molecule is Cc1cc(Nc2cc(C)[nH]n2)nc(Sc2ccc(NC(=O)Nc3cccc4cccnc34)cc2C)n1. The monoisotopic (exact) mass is 496 g/mol. The normalized spacial score (nSPS) is 10.9. The molecule has 0 atom stereocenters. The number of carbonyl (C=O) groups excluding carboxylic acids is 1. The fraction of sp³-hybridized carbons (Fsp3) is 0.115. The van der Waals surface area contributed by atoms with Gasteiger partial charge in [-0.05, 0) is 68.4 Å². The molecule has 5 rings (SSSR count). The molecule has 0 aliphatic carbocycles. The first-order valence-corrected chi connectivity index (χ1v) is 12.1. The molecule has 2 amide bonds. The van der Waals surface area contributed by atoms with E-state index in [1.165, 1.54) is 11.8 Å². The molecule has 5 aromatic rings. The van der Waals surface area contributed by atoms with Gasteiger partial charge in [0.25, 0.3) is 0 Å². The second-order valence-electron chi connectivity index (χ2n) is 8.28. The molecule has 36 heavy (non-hydrogen) atoms. The Balaban J connectivity index is 1.27. The summed E-state index contributed by atoms with van der Waals surface area (Å²) in [5.74, 6) is 1.37. The van der Waals surface area contributed by atoms with Crippen molar-refractivity contribution in [1.82, 2.24) is 25.1 Å². The Bertz CT molecular complexity index is 1560. The van der Waals surface area contributed by atoms with E-state index in [0.717, 1.165) is 32.7 Å². The fourth-order valence-corrected chi connectivity index (χ4v) is 4.58. The van der Waals surface area contributed by atoms with Crippen molar-refractivity contribution in [2.45, 2.75) is 30.8 Å². The molecule has 0 radical (unpaired) electrons. The van der Waals surface area contributed by atoms with E-state index in [0.29, 0.717) is 28.2 Å². The molecule has 0 aliphatic rings. The van der Waals surface area contributed by atoms with Crippen molar-refractivity contribution in [3.63, 3.8) is 0 Å². The minimum Gasteiger partial charge on any atom is -0.323 e. The number of urea groups is 1. The van der Waals surface area contributed by atoms with Crippen LogP contribution < -0.4 is 16.0 Å². The Kier molecular flexibility index (Phi) is 6.50. The van der Waals surface area contributed by atoms with Crippen LogP contribution in [0.15, 0.2) is 76.9 Å². The zero-order valence-corrected chi connectivity index (χ0v) is 20.8. The number of hydrogen-bond acceptors (Lipinski definition) is 7. The first kappa shape index (κ1) is 23.3. The van der Waals surface area contributed by atoms with E-state index < -0.39 is 0 Å². The van der Waals surface area contributed by atoms with Crippen LogP contribution in [-0.4, -0.2) is 31.2 Å². The number of benzene rings is 2. The lowest BCUT2D eigenvalue weighted by Gasteiger charge is -2.12. The van der Waals surface area contributed by atoms with E-state index >= 15 is 0 Å². The number of nitrogens with one attached hydrogen (secondary N) is 4. The third-order valence-electron chi connectivity index (χ3n) is 5.31. The predicted molar refractivity (Wildman–Crippen MR) is 143 cm³/mol. The van der Waals surface area contributed by atoms with Gasteiger partial charge in [-0.2, -0.15) is 5.10 Å². The average molecular weight is 497 g/mol. The lowest BCUT2D eigenvalue weighted by atomic mass is 10.2. The van der Waals surface area contributed by atoms with Crippen molar-refractivity contribution in [2.75, 3.05) is 16.0 Å². The summed E-state index contributed by atoms with van der Waals surface area (Å²) in [6.45, 7) is 5.86. The van der Waals surface area contributed by atoms with Crippen LogP contribution in [0, 0.1) is 20.8 Å². The highest BCUT2D eigenvalue weighted by Crippen LogP contribution is 2.31. The third-order valence-corrected chi connectivity index (χ3v) is 6.35. The Labute approximate surface area is 212 Å². The van der Waals surface area contributed by atoms with Crippen LogP contribution in [0.4, 0.5) is 27.8 Å². The molecule has 9 nitrogen and oxygen atoms in total. The summed E-state index contributed by atoms with van der Waals surface area (Å²) in [6, 6.07) is 18.7. The first-order valence-electron chi connectivity index (χ1n) is 11.3. The number of aromatic amines is 1. The summed E-state index contributed by atoms with van der Waals surface area (Å²) in [5.41, 5.74) is 4.88. The van der Waals surface area contributed by atoms with Gasteiger partial charge in [-0.3, -0.25) is 10.1 Å². The minimum absolute atomic E-state index is 0.334. The summed E-state index contributed by atoms with van der Waals surface area (Å²) in [7, 11) is 0. The van der Waals surface area contributed by atoms with Gasteiger partial charge in [0, 0.05) is 45.7 Å². The summed E-state index contributed by atoms with van der Waals surface area (Å²) >= 11 is 1.46. The van der Waals surface area contributed by atoms with Gasteiger partial charge < -0.3 is 16.0 Å². The second kappa shape index (κ2) is 10.0. The number of pyridine rings is 1. The van der Waals surface area contributed by atoms with Crippen LogP contribution in [0.25, 0.3) is 10.9 Å². The van der Waals surface area contributed by atoms with E-state index in [1.807, 2.05) is 81.4 Å². The molecule has 3 heterocycles. The summed E-state index contributed by atoms with van der Waals surface area (Å²) in [4.78, 5) is 27.2. The molecule has 0 saturated heterocycles. The van der Waals surface area contributed by atoms with Gasteiger partial charge in [0.05, 0.1) is 11.2 Å². The number of anilines is 4. The van der Waals surface area contributed by atoms with Crippen LogP contribution in [0.1, 0.15) is 17.0 Å². The quantitative estimate of drug-likeness (QED) is 0.206. The van der Waals surface area contributed by atoms with Gasteiger partial charge in [-0.15, -0.1) is 0 Å². The molecule has 0 spiro atoms. The number of nitrogens with zero attached hydrogens (tertiary/aromatic N) is 4. The van der Waals surface area contributed by atoms with Crippen molar-refractivity contribution in [3.8, 4) is 0 Å². The highest BCUT2D eigenvalue weighted by molar-refractivity contribution is 7.99. The Morgan fingerprint density at radius 2 is 1.78 bits per heavy atom. The number of carbonyl (C=O) groups is 1. The number of H-pyrrole nitrogens is 1. The second-order valence-corrected chi connectivity index (χ2v) is 9.29. The van der Waals surface area contributed by atoms with E-state index in [-0.39, 0.29) is 6.03 Å². The van der Waals surface area contributed by atoms with Crippen molar-refractivity contribution >= 4 is 51.7 Å². The molecule has 0 unspecified atom stereocenters. The van der Waals surface area contributed by atoms with Gasteiger partial charge >= 0.3 is 6.03 Å². The molecule has 4 N–H and O–H groups in total. The average Bonchev–Trinajstić information content (AvgIpc) is 3.25. The highest BCUT2D eigenvalue weighted by Gasteiger charge is 2.11. The van der Waals surface area contributed by atoms with Crippen molar-refractivity contribution in [1.29, 1.82) is 0 Å². The van der Waals surface area contributed by atoms with Crippen LogP contribution in [0.5, 0.6) is 0 Å². The van der Waals surface area contributed by atoms with Crippen LogP contribution in [0.2, 0.25) is 0 Å². The van der Waals surface area contributed by atoms with Gasteiger partial charge in [0.15, 0.2) is 11.0 Å². The number of aryl methyl sites for hydroxylation is 3. The predicted octanol–water partition coefficient (Wildman–Crippen LogP) is 6.21. The Morgan fingerprint density at radius 3 is 2.58 bits per heavy atom. The van der Waals surface area contributed by atoms with Gasteiger partial charge in [-0.1, -0.05) is 18.2 Å². The maximum Gasteiger partial charge on any atom is 0.323 e. The molecule has 2 aromatic carbocycles. The maximum atomic E-state index is 12.6. The Hall–Kier alpha value is -4.44. The topological polar surface area (TPSA) is 121 Å². The zero-order valence-electron chi connectivity index (χ0n) is 20.0. The number of fused-ring (bicyclic) bond motifs is 1. The van der Waals surface area contributed by atoms with Gasteiger partial charge in [0.2, 0.25) is 0 Å². The van der Waals surface area contributed by atoms with Crippen molar-refractivity contribution < 1.29 is 4.79 Å². The number of amides is 2. The lowest BCUT2D eigenvalue weighted by Crippen LogP contribution is -2.19. The standard InChI is InChI=1S/C26H24N8OS/c1-15-12-19(29-25(35)30-20-8-4-6-18-7-5-11-27-24(18)20)9-10-21(15)36-26-28-16(2)13-22(32-26)31-23-14-17(3)33-34-23/h4-14H,1-3H3,(H2,29,30,35)(H2,28,31,32,33,34). The zero-order chi connectivity index (χ0) is 25.1. The van der Waals surface area contributed by atoms with E-state index in [1.54, 1.807) is 6.20 Å². The van der Waals surface area contributed by atoms with Gasteiger partial charge in [0.1, 0.15) is 5.82 Å². The molecular weight excluding hydrogens is 472 g/mol. The summed E-state index contributed by atoms with van der Waals surface area (Å²) < 4.78 is 0. The number of rotatable bonds is 6. The molecular formula is C26H24N8OS. The number of aromatic nitrogens is 5. The number of hydrogen-bond donors (Lipinski definition) is 4. The summed E-state index contributed by atoms with van der Waals surface area (Å²) in [6.07, 6.45) is 1.71. The Morgan fingerprint density at radius 1 is 0.917 bits per heavy atom. The fourth-order valence-electron chi connectivity index (χ4n) is 3.69. The molecule has 3 aromatic heterocycles. The van der Waals surface area contributed by atoms with Crippen LogP contribution >= 0.6 is 11.8 Å². The van der Waals surface area contributed by atoms with E-state index in [4.69, 9.17) is 0 Å². The lowest BCUT2D eigenvalue weighted by molar-refractivity contribution is 0.262. The first-order chi connectivity index (χ1) is 17.4. The third kappa shape index (κ3) is 5.44. The van der Waals surface area contributed by atoms with Crippen LogP contribution in [-0.2, 0) is 0 Å². The smallest absolute Gasteiger partial charge is 0.323 e. The van der Waals surface area contributed by atoms with E-state index in [2.05, 4.69) is 41.1 Å². The summed E-state index contributed by atoms with van der Waals surface area (Å²) in [5, 5.41) is 17.7. The van der Waals surface area contributed by atoms with Crippen LogP contribution in [0.3, 0.4) is 0 Å². The van der Waals surface area contributed by atoms with Gasteiger partial charge in [-0.25, -0.2) is 14.8 Å². The largest absolute Gasteiger partial charge is 0.323 e. The highest BCUT2D eigenvalue weighted by atomic mass is 32.2. The maximum absolute atomic E-state index is 12.6. The molecule has 180 valence electrons. The van der Waals surface area contributed by atoms with Crippen molar-refractivity contribution in [2.24, 2.45) is 0 Å².